The second kappa shape index (κ2) is 12.0. The van der Waals surface area contributed by atoms with E-state index in [1.165, 1.54) is 6.21 Å². The van der Waals surface area contributed by atoms with Crippen LogP contribution in [0.3, 0.4) is 0 Å². The third-order valence-electron chi connectivity index (χ3n) is 4.63. The summed E-state index contributed by atoms with van der Waals surface area (Å²) < 4.78 is 10.9. The Kier molecular flexibility index (Phi) is 8.51. The van der Waals surface area contributed by atoms with E-state index in [9.17, 15) is 14.4 Å². The fourth-order valence-electron chi connectivity index (χ4n) is 2.80. The number of esters is 1. The first-order chi connectivity index (χ1) is 16.5. The minimum atomic E-state index is -0.892. The molecule has 0 radical (unpaired) electrons. The third-order valence-corrected chi connectivity index (χ3v) is 4.63. The number of carbonyl (C=O) groups excluding carboxylic acids is 3. The van der Waals surface area contributed by atoms with Crippen LogP contribution in [-0.4, -0.2) is 30.6 Å². The van der Waals surface area contributed by atoms with Crippen LogP contribution in [0.5, 0.6) is 11.5 Å². The Balaban J connectivity index is 1.49. The summed E-state index contributed by atoms with van der Waals surface area (Å²) in [6.45, 7) is 4.46. The molecule has 0 atom stereocenters. The Hall–Kier alpha value is -4.46. The lowest BCUT2D eigenvalue weighted by molar-refractivity contribution is -0.136. The van der Waals surface area contributed by atoms with Crippen LogP contribution in [0.4, 0.5) is 5.69 Å². The van der Waals surface area contributed by atoms with Gasteiger partial charge in [0, 0.05) is 5.69 Å². The standard InChI is InChI=1S/C26H25N3O5/c1-3-16-33-21-14-10-20(11-15-21)26(32)34-22-12-8-19(9-13-22)17-27-29-25(31)24(30)28-23-7-5-4-6-18(23)2/h4-15,17H,3,16H2,1-2H3,(H,28,30)(H,29,31). The molecule has 0 heterocycles. The van der Waals surface area contributed by atoms with Gasteiger partial charge in [0.05, 0.1) is 18.4 Å². The third kappa shape index (κ3) is 7.03. The molecule has 2 N–H and O–H groups in total. The number of amides is 2. The summed E-state index contributed by atoms with van der Waals surface area (Å²) in [7, 11) is 0. The molecule has 0 unspecified atom stereocenters. The van der Waals surface area contributed by atoms with Crippen LogP contribution >= 0.6 is 0 Å². The maximum atomic E-state index is 12.3. The predicted octanol–water partition coefficient (Wildman–Crippen LogP) is 4.09. The van der Waals surface area contributed by atoms with Crippen LogP contribution in [0.25, 0.3) is 0 Å². The number of rotatable bonds is 8. The van der Waals surface area contributed by atoms with Gasteiger partial charge >= 0.3 is 17.8 Å². The molecule has 3 rings (SSSR count). The molecule has 3 aromatic carbocycles. The maximum absolute atomic E-state index is 12.3. The van der Waals surface area contributed by atoms with Gasteiger partial charge in [0.2, 0.25) is 0 Å². The number of para-hydroxylation sites is 1. The number of carbonyl (C=O) groups is 3. The summed E-state index contributed by atoms with van der Waals surface area (Å²) >= 11 is 0. The van der Waals surface area contributed by atoms with Crippen molar-refractivity contribution in [2.75, 3.05) is 11.9 Å². The molecule has 0 aliphatic heterocycles. The highest BCUT2D eigenvalue weighted by Crippen LogP contribution is 2.17. The number of hydrogen-bond donors (Lipinski definition) is 2. The molecule has 0 saturated heterocycles. The van der Waals surface area contributed by atoms with Crippen LogP contribution in [0.1, 0.15) is 34.8 Å². The van der Waals surface area contributed by atoms with Crippen LogP contribution in [0.2, 0.25) is 0 Å². The molecule has 2 amide bonds. The second-order valence-corrected chi connectivity index (χ2v) is 7.30. The van der Waals surface area contributed by atoms with E-state index in [0.29, 0.717) is 34.9 Å². The highest BCUT2D eigenvalue weighted by atomic mass is 16.5. The van der Waals surface area contributed by atoms with Gasteiger partial charge in [-0.05, 0) is 79.1 Å². The maximum Gasteiger partial charge on any atom is 0.343 e. The average molecular weight is 460 g/mol. The molecule has 0 aliphatic carbocycles. The number of nitrogens with one attached hydrogen (secondary N) is 2. The summed E-state index contributed by atoms with van der Waals surface area (Å²) in [5.74, 6) is -1.15. The van der Waals surface area contributed by atoms with Gasteiger partial charge in [-0.2, -0.15) is 5.10 Å². The van der Waals surface area contributed by atoms with Gasteiger partial charge in [-0.1, -0.05) is 25.1 Å². The van der Waals surface area contributed by atoms with E-state index in [4.69, 9.17) is 9.47 Å². The molecular formula is C26H25N3O5. The zero-order chi connectivity index (χ0) is 24.3. The van der Waals surface area contributed by atoms with Crippen LogP contribution in [0.15, 0.2) is 77.9 Å². The van der Waals surface area contributed by atoms with Crippen LogP contribution in [0, 0.1) is 6.92 Å². The lowest BCUT2D eigenvalue weighted by atomic mass is 10.2. The van der Waals surface area contributed by atoms with Gasteiger partial charge in [-0.15, -0.1) is 0 Å². The van der Waals surface area contributed by atoms with E-state index in [1.54, 1.807) is 60.7 Å². The van der Waals surface area contributed by atoms with E-state index in [2.05, 4.69) is 15.8 Å². The number of benzene rings is 3. The SMILES string of the molecule is CCCOc1ccc(C(=O)Oc2ccc(C=NNC(=O)C(=O)Nc3ccccc3C)cc2)cc1. The Morgan fingerprint density at radius 3 is 2.24 bits per heavy atom. The zero-order valence-corrected chi connectivity index (χ0v) is 18.9. The van der Waals surface area contributed by atoms with Crippen molar-refractivity contribution in [2.24, 2.45) is 5.10 Å². The summed E-state index contributed by atoms with van der Waals surface area (Å²) in [4.78, 5) is 36.2. The smallest absolute Gasteiger partial charge is 0.343 e. The lowest BCUT2D eigenvalue weighted by Crippen LogP contribution is -2.32. The first-order valence-electron chi connectivity index (χ1n) is 10.7. The van der Waals surface area contributed by atoms with Crippen molar-refractivity contribution in [1.82, 2.24) is 5.43 Å². The van der Waals surface area contributed by atoms with E-state index in [-0.39, 0.29) is 0 Å². The number of hydrogen-bond acceptors (Lipinski definition) is 6. The summed E-state index contributed by atoms with van der Waals surface area (Å²) in [5, 5.41) is 6.32. The van der Waals surface area contributed by atoms with E-state index in [0.717, 1.165) is 12.0 Å². The first-order valence-corrected chi connectivity index (χ1v) is 10.7. The molecule has 0 fully saturated rings. The summed E-state index contributed by atoms with van der Waals surface area (Å²) in [6.07, 6.45) is 2.28. The molecule has 3 aromatic rings. The number of anilines is 1. The zero-order valence-electron chi connectivity index (χ0n) is 18.9. The Morgan fingerprint density at radius 1 is 0.882 bits per heavy atom. The van der Waals surface area contributed by atoms with E-state index >= 15 is 0 Å². The highest BCUT2D eigenvalue weighted by Gasteiger charge is 2.13. The summed E-state index contributed by atoms with van der Waals surface area (Å²) in [6, 6.07) is 20.4. The fraction of sp³-hybridized carbons (Fsp3) is 0.154. The van der Waals surface area contributed by atoms with E-state index in [1.807, 2.05) is 26.0 Å². The van der Waals surface area contributed by atoms with Crippen molar-refractivity contribution in [3.8, 4) is 11.5 Å². The number of nitrogens with zero attached hydrogens (tertiary/aromatic N) is 1. The van der Waals surface area contributed by atoms with Crippen molar-refractivity contribution in [1.29, 1.82) is 0 Å². The quantitative estimate of drug-likeness (QED) is 0.174. The fourth-order valence-corrected chi connectivity index (χ4v) is 2.80. The minimum absolute atomic E-state index is 0.357. The van der Waals surface area contributed by atoms with Crippen molar-refractivity contribution >= 4 is 29.7 Å². The van der Waals surface area contributed by atoms with Crippen molar-refractivity contribution in [2.45, 2.75) is 20.3 Å². The average Bonchev–Trinajstić information content (AvgIpc) is 2.85. The van der Waals surface area contributed by atoms with Crippen LogP contribution < -0.4 is 20.2 Å². The van der Waals surface area contributed by atoms with Gasteiger partial charge < -0.3 is 14.8 Å². The number of aryl methyl sites for hydroxylation is 1. The van der Waals surface area contributed by atoms with Gasteiger partial charge in [-0.25, -0.2) is 10.2 Å². The van der Waals surface area contributed by atoms with Gasteiger partial charge in [0.15, 0.2) is 0 Å². The summed E-state index contributed by atoms with van der Waals surface area (Å²) in [5.41, 5.74) is 4.61. The Morgan fingerprint density at radius 2 is 1.56 bits per heavy atom. The highest BCUT2D eigenvalue weighted by molar-refractivity contribution is 6.39. The number of hydrazone groups is 1. The molecule has 174 valence electrons. The minimum Gasteiger partial charge on any atom is -0.494 e. The first kappa shape index (κ1) is 24.2. The monoisotopic (exact) mass is 459 g/mol. The molecular weight excluding hydrogens is 434 g/mol. The molecule has 8 nitrogen and oxygen atoms in total. The lowest BCUT2D eigenvalue weighted by Gasteiger charge is -2.07. The normalized spacial score (nSPS) is 10.5. The Bertz CT molecular complexity index is 1170. The van der Waals surface area contributed by atoms with Gasteiger partial charge in [0.25, 0.3) is 0 Å². The molecule has 34 heavy (non-hydrogen) atoms. The topological polar surface area (TPSA) is 106 Å². The molecule has 8 heteroatoms. The van der Waals surface area contributed by atoms with Crippen molar-refractivity contribution in [3.05, 3.63) is 89.5 Å². The van der Waals surface area contributed by atoms with Gasteiger partial charge in [-0.3, -0.25) is 9.59 Å². The van der Waals surface area contributed by atoms with Crippen molar-refractivity contribution < 1.29 is 23.9 Å². The largest absolute Gasteiger partial charge is 0.494 e. The number of ether oxygens (including phenoxy) is 2. The molecule has 0 aliphatic rings. The molecule has 0 spiro atoms. The molecule has 0 bridgehead atoms. The van der Waals surface area contributed by atoms with Gasteiger partial charge in [0.1, 0.15) is 11.5 Å². The second-order valence-electron chi connectivity index (χ2n) is 7.30. The van der Waals surface area contributed by atoms with Crippen molar-refractivity contribution in [3.63, 3.8) is 0 Å². The Labute approximate surface area is 197 Å². The van der Waals surface area contributed by atoms with Crippen LogP contribution in [-0.2, 0) is 9.59 Å². The molecule has 0 saturated carbocycles. The van der Waals surface area contributed by atoms with E-state index < -0.39 is 17.8 Å². The molecule has 0 aromatic heterocycles. The predicted molar refractivity (Wildman–Crippen MR) is 129 cm³/mol.